The summed E-state index contributed by atoms with van der Waals surface area (Å²) in [6.45, 7) is 6.88. The summed E-state index contributed by atoms with van der Waals surface area (Å²) in [5.74, 6) is -2.26. The van der Waals surface area contributed by atoms with Gasteiger partial charge in [0.1, 0.15) is 17.4 Å². The molecular formula is C22H27F2N3O3. The standard InChI is InChI=1S/C22H27F2N3O3/c1-3-26(4-2)21(28)19-17(23)8-9-18(24)20(19)22(29)27-11-6-10-25(12-13-27)15-16-7-5-14-30-16/h5,7-9,14H,3-4,6,10-13,15H2,1-2H3. The molecule has 0 N–H and O–H groups in total. The lowest BCUT2D eigenvalue weighted by molar-refractivity contribution is 0.0718. The van der Waals surface area contributed by atoms with Crippen LogP contribution in [0, 0.1) is 11.6 Å². The molecule has 30 heavy (non-hydrogen) atoms. The van der Waals surface area contributed by atoms with Crippen molar-refractivity contribution in [3.05, 3.63) is 59.1 Å². The number of hydrogen-bond acceptors (Lipinski definition) is 4. The lowest BCUT2D eigenvalue weighted by Gasteiger charge is -2.25. The van der Waals surface area contributed by atoms with Gasteiger partial charge in [0.25, 0.3) is 11.8 Å². The zero-order valence-electron chi connectivity index (χ0n) is 17.4. The maximum absolute atomic E-state index is 14.7. The SMILES string of the molecule is CCN(CC)C(=O)c1c(F)ccc(F)c1C(=O)N1CCCN(Cc2ccco2)CC1. The highest BCUT2D eigenvalue weighted by atomic mass is 19.1. The van der Waals surface area contributed by atoms with Crippen LogP contribution in [-0.4, -0.2) is 65.8 Å². The topological polar surface area (TPSA) is 57.0 Å². The summed E-state index contributed by atoms with van der Waals surface area (Å²) in [7, 11) is 0. The van der Waals surface area contributed by atoms with Gasteiger partial charge in [0.15, 0.2) is 0 Å². The first kappa shape index (κ1) is 22.0. The normalized spacial score (nSPS) is 15.1. The summed E-state index contributed by atoms with van der Waals surface area (Å²) in [6.07, 6.45) is 2.30. The van der Waals surface area contributed by atoms with E-state index in [0.717, 1.165) is 24.4 Å². The Balaban J connectivity index is 1.82. The third-order valence-corrected chi connectivity index (χ3v) is 5.42. The number of furan rings is 1. The number of halogens is 2. The van der Waals surface area contributed by atoms with Crippen LogP contribution in [0.15, 0.2) is 34.9 Å². The molecule has 0 spiro atoms. The average Bonchev–Trinajstić information content (AvgIpc) is 3.13. The second-order valence-electron chi connectivity index (χ2n) is 7.26. The molecule has 2 amide bonds. The van der Waals surface area contributed by atoms with Crippen LogP contribution < -0.4 is 0 Å². The summed E-state index contributed by atoms with van der Waals surface area (Å²) < 4.78 is 34.7. The third kappa shape index (κ3) is 4.70. The molecule has 0 bridgehead atoms. The molecular weight excluding hydrogens is 392 g/mol. The first-order chi connectivity index (χ1) is 14.5. The molecule has 0 aliphatic carbocycles. The van der Waals surface area contributed by atoms with Crippen LogP contribution in [0.25, 0.3) is 0 Å². The average molecular weight is 419 g/mol. The molecule has 0 atom stereocenters. The summed E-state index contributed by atoms with van der Waals surface area (Å²) in [6, 6.07) is 5.52. The Labute approximate surface area is 175 Å². The van der Waals surface area contributed by atoms with E-state index in [0.29, 0.717) is 45.7 Å². The first-order valence-electron chi connectivity index (χ1n) is 10.3. The summed E-state index contributed by atoms with van der Waals surface area (Å²) >= 11 is 0. The lowest BCUT2D eigenvalue weighted by Crippen LogP contribution is -2.38. The van der Waals surface area contributed by atoms with Crippen molar-refractivity contribution < 1.29 is 22.8 Å². The summed E-state index contributed by atoms with van der Waals surface area (Å²) in [5, 5.41) is 0. The fourth-order valence-corrected chi connectivity index (χ4v) is 3.75. The summed E-state index contributed by atoms with van der Waals surface area (Å²) in [5.41, 5.74) is -0.966. The van der Waals surface area contributed by atoms with Gasteiger partial charge in [-0.05, 0) is 44.5 Å². The molecule has 0 saturated carbocycles. The Kier molecular flexibility index (Phi) is 7.20. The Hall–Kier alpha value is -2.74. The molecule has 6 nitrogen and oxygen atoms in total. The smallest absolute Gasteiger partial charge is 0.257 e. The van der Waals surface area contributed by atoms with Gasteiger partial charge in [-0.2, -0.15) is 0 Å². The minimum absolute atomic E-state index is 0.338. The van der Waals surface area contributed by atoms with E-state index in [1.807, 2.05) is 12.1 Å². The van der Waals surface area contributed by atoms with Crippen molar-refractivity contribution in [3.63, 3.8) is 0 Å². The van der Waals surface area contributed by atoms with Gasteiger partial charge in [-0.25, -0.2) is 8.78 Å². The minimum atomic E-state index is -0.883. The minimum Gasteiger partial charge on any atom is -0.468 e. The van der Waals surface area contributed by atoms with E-state index in [9.17, 15) is 18.4 Å². The van der Waals surface area contributed by atoms with Crippen LogP contribution >= 0.6 is 0 Å². The highest BCUT2D eigenvalue weighted by molar-refractivity contribution is 6.07. The van der Waals surface area contributed by atoms with Gasteiger partial charge < -0.3 is 14.2 Å². The Morgan fingerprint density at radius 3 is 2.33 bits per heavy atom. The zero-order chi connectivity index (χ0) is 21.7. The molecule has 162 valence electrons. The molecule has 1 aliphatic rings. The van der Waals surface area contributed by atoms with Gasteiger partial charge in [-0.3, -0.25) is 14.5 Å². The van der Waals surface area contributed by atoms with Crippen molar-refractivity contribution in [2.45, 2.75) is 26.8 Å². The maximum Gasteiger partial charge on any atom is 0.257 e. The van der Waals surface area contributed by atoms with Crippen molar-refractivity contribution >= 4 is 11.8 Å². The van der Waals surface area contributed by atoms with Gasteiger partial charge in [-0.1, -0.05) is 0 Å². The van der Waals surface area contributed by atoms with Crippen molar-refractivity contribution in [2.24, 2.45) is 0 Å². The van der Waals surface area contributed by atoms with Gasteiger partial charge >= 0.3 is 0 Å². The highest BCUT2D eigenvalue weighted by Gasteiger charge is 2.31. The molecule has 1 aromatic heterocycles. The second-order valence-corrected chi connectivity index (χ2v) is 7.26. The second kappa shape index (κ2) is 9.84. The van der Waals surface area contributed by atoms with Crippen molar-refractivity contribution in [1.29, 1.82) is 0 Å². The molecule has 1 aliphatic heterocycles. The number of benzene rings is 1. The molecule has 0 unspecified atom stereocenters. The van der Waals surface area contributed by atoms with Crippen molar-refractivity contribution in [2.75, 3.05) is 39.3 Å². The van der Waals surface area contributed by atoms with E-state index in [4.69, 9.17) is 4.42 Å². The van der Waals surface area contributed by atoms with Gasteiger partial charge in [-0.15, -0.1) is 0 Å². The summed E-state index contributed by atoms with van der Waals surface area (Å²) in [4.78, 5) is 31.0. The fourth-order valence-electron chi connectivity index (χ4n) is 3.75. The monoisotopic (exact) mass is 419 g/mol. The molecule has 3 rings (SSSR count). The van der Waals surface area contributed by atoms with Gasteiger partial charge in [0.05, 0.1) is 23.9 Å². The number of rotatable bonds is 6. The molecule has 1 fully saturated rings. The predicted octanol–water partition coefficient (Wildman–Crippen LogP) is 3.39. The number of nitrogens with zero attached hydrogens (tertiary/aromatic N) is 3. The number of hydrogen-bond donors (Lipinski definition) is 0. The van der Waals surface area contributed by atoms with Crippen molar-refractivity contribution in [3.8, 4) is 0 Å². The Morgan fingerprint density at radius 2 is 1.70 bits per heavy atom. The maximum atomic E-state index is 14.7. The van der Waals surface area contributed by atoms with Gasteiger partial charge in [0, 0.05) is 39.3 Å². The van der Waals surface area contributed by atoms with Crippen LogP contribution in [0.1, 0.15) is 46.7 Å². The molecule has 0 radical (unpaired) electrons. The lowest BCUT2D eigenvalue weighted by atomic mass is 10.0. The molecule has 1 saturated heterocycles. The Morgan fingerprint density at radius 1 is 1.00 bits per heavy atom. The largest absolute Gasteiger partial charge is 0.468 e. The molecule has 2 aromatic rings. The number of carbonyl (C=O) groups is 2. The highest BCUT2D eigenvalue weighted by Crippen LogP contribution is 2.22. The zero-order valence-corrected chi connectivity index (χ0v) is 17.4. The van der Waals surface area contributed by atoms with Crippen LogP contribution in [0.4, 0.5) is 8.78 Å². The predicted molar refractivity (Wildman–Crippen MR) is 108 cm³/mol. The van der Waals surface area contributed by atoms with E-state index >= 15 is 0 Å². The van der Waals surface area contributed by atoms with Crippen LogP contribution in [-0.2, 0) is 6.54 Å². The quantitative estimate of drug-likeness (QED) is 0.720. The Bertz CT molecular complexity index is 882. The van der Waals surface area contributed by atoms with Crippen LogP contribution in [0.2, 0.25) is 0 Å². The molecule has 1 aromatic carbocycles. The van der Waals surface area contributed by atoms with Crippen LogP contribution in [0.3, 0.4) is 0 Å². The van der Waals surface area contributed by atoms with E-state index in [1.165, 1.54) is 9.80 Å². The van der Waals surface area contributed by atoms with E-state index in [-0.39, 0.29) is 0 Å². The first-order valence-corrected chi connectivity index (χ1v) is 10.3. The molecule has 8 heteroatoms. The number of amides is 2. The van der Waals surface area contributed by atoms with E-state index in [1.54, 1.807) is 20.1 Å². The van der Waals surface area contributed by atoms with E-state index in [2.05, 4.69) is 4.90 Å². The van der Waals surface area contributed by atoms with Gasteiger partial charge in [0.2, 0.25) is 0 Å². The van der Waals surface area contributed by atoms with Crippen molar-refractivity contribution in [1.82, 2.24) is 14.7 Å². The molecule has 2 heterocycles. The van der Waals surface area contributed by atoms with Crippen LogP contribution in [0.5, 0.6) is 0 Å². The fraction of sp³-hybridized carbons (Fsp3) is 0.455. The number of carbonyl (C=O) groups excluding carboxylic acids is 2. The third-order valence-electron chi connectivity index (χ3n) is 5.42. The van der Waals surface area contributed by atoms with E-state index < -0.39 is 34.6 Å².